The molecule has 41 heavy (non-hydrogen) atoms. The van der Waals surface area contributed by atoms with Gasteiger partial charge < -0.3 is 20.4 Å². The number of hydrogen-bond acceptors (Lipinski definition) is 8. The summed E-state index contributed by atoms with van der Waals surface area (Å²) in [5.74, 6) is -0.135. The third kappa shape index (κ3) is 5.62. The highest BCUT2D eigenvalue weighted by Gasteiger charge is 2.20. The number of piperazine rings is 1. The van der Waals surface area contributed by atoms with Gasteiger partial charge in [0.1, 0.15) is 5.39 Å². The molecule has 4 aromatic rings. The normalized spacial score (nSPS) is 13.9. The van der Waals surface area contributed by atoms with Gasteiger partial charge in [-0.15, -0.1) is 0 Å². The summed E-state index contributed by atoms with van der Waals surface area (Å²) < 4.78 is 2.54. The smallest absolute Gasteiger partial charge is 0.337 e. The van der Waals surface area contributed by atoms with Gasteiger partial charge in [-0.2, -0.15) is 4.98 Å². The Morgan fingerprint density at radius 3 is 2.49 bits per heavy atom. The molecule has 2 aromatic heterocycles. The number of likely N-dealkylation sites (N-methyl/N-ethyl adjacent to an activating group) is 1. The van der Waals surface area contributed by atoms with E-state index >= 15 is 0 Å². The van der Waals surface area contributed by atoms with E-state index in [1.807, 2.05) is 12.1 Å². The first-order valence-corrected chi connectivity index (χ1v) is 13.6. The molecule has 1 aliphatic rings. The molecule has 1 saturated heterocycles. The zero-order chi connectivity index (χ0) is 29.3. The molecule has 5 rings (SSSR count). The van der Waals surface area contributed by atoms with Crippen molar-refractivity contribution >= 4 is 40.0 Å². The molecule has 3 heterocycles. The predicted molar refractivity (Wildman–Crippen MR) is 163 cm³/mol. The number of carbonyl (C=O) groups is 1. The van der Waals surface area contributed by atoms with Gasteiger partial charge in [0.2, 0.25) is 11.9 Å². The number of aromatic nitrogens is 4. The van der Waals surface area contributed by atoms with Crippen LogP contribution in [0.15, 0.2) is 70.9 Å². The van der Waals surface area contributed by atoms with E-state index in [9.17, 15) is 14.4 Å². The molecule has 11 heteroatoms. The van der Waals surface area contributed by atoms with Crippen molar-refractivity contribution in [1.29, 1.82) is 0 Å². The fourth-order valence-electron chi connectivity index (χ4n) is 5.04. The molecular weight excluding hydrogens is 520 g/mol. The molecule has 0 aliphatic carbocycles. The lowest BCUT2D eigenvalue weighted by atomic mass is 10.1. The number of nitrogens with one attached hydrogen (secondary N) is 2. The first-order chi connectivity index (χ1) is 19.7. The minimum absolute atomic E-state index is 0.160. The number of aryl methyl sites for hydroxylation is 1. The molecular formula is C30H34N8O3. The Labute approximate surface area is 237 Å². The summed E-state index contributed by atoms with van der Waals surface area (Å²) in [5, 5.41) is 6.14. The molecule has 0 spiro atoms. The lowest BCUT2D eigenvalue weighted by Crippen LogP contribution is -2.44. The average molecular weight is 555 g/mol. The van der Waals surface area contributed by atoms with E-state index in [1.165, 1.54) is 21.0 Å². The topological polar surface area (TPSA) is 117 Å². The fourth-order valence-corrected chi connectivity index (χ4v) is 5.04. The highest BCUT2D eigenvalue weighted by atomic mass is 16.2. The van der Waals surface area contributed by atoms with Gasteiger partial charge in [0.25, 0.3) is 5.56 Å². The molecule has 0 saturated carbocycles. The largest absolute Gasteiger partial charge is 0.369 e. The maximum atomic E-state index is 13.7. The maximum Gasteiger partial charge on any atom is 0.337 e. The predicted octanol–water partition coefficient (Wildman–Crippen LogP) is 3.45. The van der Waals surface area contributed by atoms with Crippen molar-refractivity contribution in [3.63, 3.8) is 0 Å². The standard InChI is InChI=1S/C30H34N8O3/c1-6-26(39)32-21-8-7-9-23(17-21)38-27-24(28(40)37(19(2)3)30(38)41)18-31-29(34-27)33-22-10-11-25(20(4)16-22)36-14-12-35(5)13-15-36/h6-11,16-19H,1,12-15H2,2-5H3,(H,32,39)(H,31,33,34). The molecule has 2 aromatic carbocycles. The van der Waals surface area contributed by atoms with Crippen LogP contribution in [0.5, 0.6) is 0 Å². The summed E-state index contributed by atoms with van der Waals surface area (Å²) in [5.41, 5.74) is 3.16. The van der Waals surface area contributed by atoms with Gasteiger partial charge in [-0.1, -0.05) is 12.6 Å². The maximum absolute atomic E-state index is 13.7. The molecule has 0 bridgehead atoms. The monoisotopic (exact) mass is 554 g/mol. The van der Waals surface area contributed by atoms with Crippen LogP contribution in [0.2, 0.25) is 0 Å². The Morgan fingerprint density at radius 2 is 1.80 bits per heavy atom. The van der Waals surface area contributed by atoms with Crippen LogP contribution in [-0.2, 0) is 4.79 Å². The Kier molecular flexibility index (Phi) is 7.71. The number of carbonyl (C=O) groups excluding carboxylic acids is 1. The average Bonchev–Trinajstić information content (AvgIpc) is 2.94. The van der Waals surface area contributed by atoms with Gasteiger partial charge in [0.05, 0.1) is 5.69 Å². The Bertz CT molecular complexity index is 1750. The van der Waals surface area contributed by atoms with Crippen LogP contribution in [-0.4, -0.2) is 63.1 Å². The SMILES string of the molecule is C=CC(=O)Nc1cccc(-n2c(=O)n(C(C)C)c(=O)c3cnc(Nc4ccc(N5CCN(C)CC5)c(C)c4)nc32)c1. The summed E-state index contributed by atoms with van der Waals surface area (Å²) in [4.78, 5) is 52.7. The van der Waals surface area contributed by atoms with E-state index in [0.29, 0.717) is 11.4 Å². The summed E-state index contributed by atoms with van der Waals surface area (Å²) in [6, 6.07) is 12.5. The quantitative estimate of drug-likeness (QED) is 0.334. The molecule has 1 aliphatic heterocycles. The van der Waals surface area contributed by atoms with Crippen molar-refractivity contribution in [3.05, 3.63) is 87.7 Å². The number of hydrogen-bond donors (Lipinski definition) is 2. The highest BCUT2D eigenvalue weighted by Crippen LogP contribution is 2.26. The third-order valence-electron chi connectivity index (χ3n) is 7.20. The Morgan fingerprint density at radius 1 is 1.05 bits per heavy atom. The van der Waals surface area contributed by atoms with Gasteiger partial charge in [-0.25, -0.2) is 14.3 Å². The van der Waals surface area contributed by atoms with Gasteiger partial charge in [-0.3, -0.25) is 14.2 Å². The molecule has 0 atom stereocenters. The third-order valence-corrected chi connectivity index (χ3v) is 7.20. The first-order valence-electron chi connectivity index (χ1n) is 13.6. The molecule has 11 nitrogen and oxygen atoms in total. The van der Waals surface area contributed by atoms with E-state index in [2.05, 4.69) is 57.0 Å². The summed E-state index contributed by atoms with van der Waals surface area (Å²) in [6.07, 6.45) is 2.61. The number of nitrogens with zero attached hydrogens (tertiary/aromatic N) is 6. The second kappa shape index (κ2) is 11.4. The summed E-state index contributed by atoms with van der Waals surface area (Å²) in [7, 11) is 2.13. The second-order valence-electron chi connectivity index (χ2n) is 10.5. The number of amides is 1. The minimum atomic E-state index is -0.540. The molecule has 1 fully saturated rings. The van der Waals surface area contributed by atoms with Crippen LogP contribution >= 0.6 is 0 Å². The number of fused-ring (bicyclic) bond motifs is 1. The summed E-state index contributed by atoms with van der Waals surface area (Å²) >= 11 is 0. The van der Waals surface area contributed by atoms with Crippen molar-refractivity contribution in [2.24, 2.45) is 0 Å². The molecule has 1 amide bonds. The van der Waals surface area contributed by atoms with Crippen molar-refractivity contribution < 1.29 is 4.79 Å². The van der Waals surface area contributed by atoms with Crippen molar-refractivity contribution in [3.8, 4) is 5.69 Å². The first kappa shape index (κ1) is 27.8. The van der Waals surface area contributed by atoms with E-state index < -0.39 is 17.3 Å². The molecule has 2 N–H and O–H groups in total. The lowest BCUT2D eigenvalue weighted by Gasteiger charge is -2.35. The van der Waals surface area contributed by atoms with E-state index in [-0.39, 0.29) is 22.9 Å². The van der Waals surface area contributed by atoms with E-state index in [1.54, 1.807) is 38.1 Å². The van der Waals surface area contributed by atoms with Crippen molar-refractivity contribution in [1.82, 2.24) is 24.0 Å². The number of anilines is 4. The van der Waals surface area contributed by atoms with Gasteiger partial charge in [0.15, 0.2) is 5.65 Å². The lowest BCUT2D eigenvalue weighted by molar-refractivity contribution is -0.111. The van der Waals surface area contributed by atoms with Crippen molar-refractivity contribution in [2.45, 2.75) is 26.8 Å². The molecule has 0 unspecified atom stereocenters. The van der Waals surface area contributed by atoms with Crippen LogP contribution in [0.4, 0.5) is 23.0 Å². The van der Waals surface area contributed by atoms with Gasteiger partial charge in [-0.05, 0) is 75.9 Å². The number of rotatable bonds is 7. The zero-order valence-corrected chi connectivity index (χ0v) is 23.7. The molecule has 212 valence electrons. The second-order valence-corrected chi connectivity index (χ2v) is 10.5. The highest BCUT2D eigenvalue weighted by molar-refractivity contribution is 5.99. The van der Waals surface area contributed by atoms with Crippen molar-refractivity contribution in [2.75, 3.05) is 48.8 Å². The zero-order valence-electron chi connectivity index (χ0n) is 23.7. The van der Waals surface area contributed by atoms with E-state index in [4.69, 9.17) is 0 Å². The van der Waals surface area contributed by atoms with E-state index in [0.717, 1.165) is 43.5 Å². The van der Waals surface area contributed by atoms with Crippen LogP contribution in [0, 0.1) is 6.92 Å². The van der Waals surface area contributed by atoms with Crippen LogP contribution in [0.3, 0.4) is 0 Å². The Balaban J connectivity index is 1.57. The Hall–Kier alpha value is -4.77. The van der Waals surface area contributed by atoms with Crippen LogP contribution in [0.1, 0.15) is 25.5 Å². The minimum Gasteiger partial charge on any atom is -0.369 e. The number of benzene rings is 2. The van der Waals surface area contributed by atoms with Gasteiger partial charge >= 0.3 is 5.69 Å². The summed E-state index contributed by atoms with van der Waals surface area (Å²) in [6.45, 7) is 13.1. The fraction of sp³-hybridized carbons (Fsp3) is 0.300. The molecule has 0 radical (unpaired) electrons. The van der Waals surface area contributed by atoms with Crippen LogP contribution < -0.4 is 26.8 Å². The van der Waals surface area contributed by atoms with Crippen LogP contribution in [0.25, 0.3) is 16.7 Å². The van der Waals surface area contributed by atoms with Gasteiger partial charge in [0, 0.05) is 55.5 Å².